The molecule has 0 saturated heterocycles. The molecule has 1 aromatic carbocycles. The van der Waals surface area contributed by atoms with Gasteiger partial charge < -0.3 is 15.7 Å². The van der Waals surface area contributed by atoms with Gasteiger partial charge >= 0.3 is 0 Å². The Balaban J connectivity index is 1.91. The molecule has 0 atom stereocenters. The summed E-state index contributed by atoms with van der Waals surface area (Å²) < 4.78 is 0. The average molecular weight is 370 g/mol. The van der Waals surface area contributed by atoms with E-state index in [1.807, 2.05) is 49.4 Å². The first-order chi connectivity index (χ1) is 12.7. The Hall–Kier alpha value is -2.70. The first kappa shape index (κ1) is 18.1. The lowest BCUT2D eigenvalue weighted by Crippen LogP contribution is -2.09. The summed E-state index contributed by atoms with van der Waals surface area (Å²) in [7, 11) is 0. The summed E-state index contributed by atoms with van der Waals surface area (Å²) >= 11 is 6.09. The summed E-state index contributed by atoms with van der Waals surface area (Å²) in [4.78, 5) is 13.4. The second kappa shape index (κ2) is 8.60. The van der Waals surface area contributed by atoms with Crippen molar-refractivity contribution in [3.63, 3.8) is 0 Å². The highest BCUT2D eigenvalue weighted by molar-refractivity contribution is 6.31. The maximum Gasteiger partial charge on any atom is 0.225 e. The van der Waals surface area contributed by atoms with Gasteiger partial charge in [0.15, 0.2) is 0 Å². The smallest absolute Gasteiger partial charge is 0.225 e. The predicted molar refractivity (Wildman–Crippen MR) is 105 cm³/mol. The molecule has 0 saturated carbocycles. The molecule has 0 aliphatic heterocycles. The molecule has 3 rings (SSSR count). The van der Waals surface area contributed by atoms with Crippen LogP contribution >= 0.6 is 11.6 Å². The van der Waals surface area contributed by atoms with Crippen LogP contribution in [0, 0.1) is 6.92 Å². The summed E-state index contributed by atoms with van der Waals surface area (Å²) in [6.45, 7) is 2.65. The minimum Gasteiger partial charge on any atom is -0.396 e. The maximum atomic E-state index is 8.96. The Labute approximate surface area is 157 Å². The standard InChI is InChI=1S/C19H20ClN5O/c1-13-11-14(6-7-15(13)20)23-18-12-17(16-5-2-3-8-21-16)24-19(25-18)22-9-4-10-26/h2-3,5-8,11-12,26H,4,9-10H2,1H3,(H2,22,23,24,25). The van der Waals surface area contributed by atoms with Crippen molar-refractivity contribution in [1.82, 2.24) is 15.0 Å². The summed E-state index contributed by atoms with van der Waals surface area (Å²) in [6, 6.07) is 13.2. The first-order valence-electron chi connectivity index (χ1n) is 8.34. The number of hydrogen-bond acceptors (Lipinski definition) is 6. The molecule has 0 aliphatic rings. The lowest BCUT2D eigenvalue weighted by atomic mass is 10.2. The van der Waals surface area contributed by atoms with Gasteiger partial charge in [0.05, 0.1) is 11.4 Å². The van der Waals surface area contributed by atoms with Gasteiger partial charge in [-0.3, -0.25) is 4.98 Å². The Morgan fingerprint density at radius 1 is 1.08 bits per heavy atom. The topological polar surface area (TPSA) is 83.0 Å². The van der Waals surface area contributed by atoms with Crippen LogP contribution in [0.5, 0.6) is 0 Å². The molecule has 134 valence electrons. The molecule has 3 aromatic rings. The maximum absolute atomic E-state index is 8.96. The highest BCUT2D eigenvalue weighted by Crippen LogP contribution is 2.25. The van der Waals surface area contributed by atoms with Gasteiger partial charge in [0.1, 0.15) is 5.82 Å². The molecule has 0 bridgehead atoms. The SMILES string of the molecule is Cc1cc(Nc2cc(-c3ccccn3)nc(NCCCO)n2)ccc1Cl. The highest BCUT2D eigenvalue weighted by atomic mass is 35.5. The third-order valence-electron chi connectivity index (χ3n) is 3.70. The molecular formula is C19H20ClN5O. The number of aromatic nitrogens is 3. The van der Waals surface area contributed by atoms with Crippen LogP contribution in [-0.2, 0) is 0 Å². The van der Waals surface area contributed by atoms with Crippen molar-refractivity contribution >= 4 is 29.1 Å². The number of aliphatic hydroxyl groups is 1. The quantitative estimate of drug-likeness (QED) is 0.545. The fourth-order valence-corrected chi connectivity index (χ4v) is 2.50. The van der Waals surface area contributed by atoms with Crippen LogP contribution in [0.2, 0.25) is 5.02 Å². The van der Waals surface area contributed by atoms with Crippen LogP contribution < -0.4 is 10.6 Å². The zero-order valence-electron chi connectivity index (χ0n) is 14.4. The van der Waals surface area contributed by atoms with Crippen molar-refractivity contribution in [1.29, 1.82) is 0 Å². The monoisotopic (exact) mass is 369 g/mol. The molecule has 0 radical (unpaired) electrons. The second-order valence-electron chi connectivity index (χ2n) is 5.77. The molecule has 6 nitrogen and oxygen atoms in total. The number of pyridine rings is 1. The molecule has 0 unspecified atom stereocenters. The summed E-state index contributed by atoms with van der Waals surface area (Å²) in [5, 5.41) is 16.1. The van der Waals surface area contributed by atoms with Crippen LogP contribution in [0.15, 0.2) is 48.7 Å². The van der Waals surface area contributed by atoms with Crippen molar-refractivity contribution in [3.8, 4) is 11.4 Å². The Morgan fingerprint density at radius 3 is 2.69 bits per heavy atom. The van der Waals surface area contributed by atoms with E-state index in [1.54, 1.807) is 6.20 Å². The van der Waals surface area contributed by atoms with Gasteiger partial charge in [0.2, 0.25) is 5.95 Å². The third-order valence-corrected chi connectivity index (χ3v) is 4.13. The number of hydrogen-bond donors (Lipinski definition) is 3. The van der Waals surface area contributed by atoms with Crippen LogP contribution in [0.4, 0.5) is 17.5 Å². The molecule has 0 fully saturated rings. The van der Waals surface area contributed by atoms with Crippen molar-refractivity contribution in [2.75, 3.05) is 23.8 Å². The van der Waals surface area contributed by atoms with Crippen molar-refractivity contribution in [2.45, 2.75) is 13.3 Å². The van der Waals surface area contributed by atoms with E-state index in [0.717, 1.165) is 22.0 Å². The van der Waals surface area contributed by atoms with E-state index in [-0.39, 0.29) is 6.61 Å². The number of benzene rings is 1. The fourth-order valence-electron chi connectivity index (χ4n) is 2.39. The summed E-state index contributed by atoms with van der Waals surface area (Å²) in [5.41, 5.74) is 3.34. The number of aliphatic hydroxyl groups excluding tert-OH is 1. The highest BCUT2D eigenvalue weighted by Gasteiger charge is 2.08. The molecule has 3 N–H and O–H groups in total. The Morgan fingerprint density at radius 2 is 1.96 bits per heavy atom. The van der Waals surface area contributed by atoms with Crippen molar-refractivity contribution < 1.29 is 5.11 Å². The zero-order chi connectivity index (χ0) is 18.4. The number of nitrogens with zero attached hydrogens (tertiary/aromatic N) is 3. The predicted octanol–water partition coefficient (Wildman–Crippen LogP) is 4.04. The number of halogens is 1. The average Bonchev–Trinajstić information content (AvgIpc) is 2.66. The Kier molecular flexibility index (Phi) is 5.99. The number of rotatable bonds is 7. The van der Waals surface area contributed by atoms with Gasteiger partial charge in [-0.25, -0.2) is 4.98 Å². The summed E-state index contributed by atoms with van der Waals surface area (Å²) in [6.07, 6.45) is 2.35. The van der Waals surface area contributed by atoms with Crippen LogP contribution in [-0.4, -0.2) is 33.2 Å². The lowest BCUT2D eigenvalue weighted by Gasteiger charge is -2.12. The molecule has 7 heteroatoms. The van der Waals surface area contributed by atoms with E-state index in [2.05, 4.69) is 25.6 Å². The first-order valence-corrected chi connectivity index (χ1v) is 8.72. The molecule has 0 amide bonds. The molecule has 2 aromatic heterocycles. The van der Waals surface area contributed by atoms with Gasteiger partial charge in [0.25, 0.3) is 0 Å². The van der Waals surface area contributed by atoms with Crippen LogP contribution in [0.25, 0.3) is 11.4 Å². The van der Waals surface area contributed by atoms with Crippen LogP contribution in [0.1, 0.15) is 12.0 Å². The molecular weight excluding hydrogens is 350 g/mol. The molecule has 0 aliphatic carbocycles. The number of anilines is 3. The largest absolute Gasteiger partial charge is 0.396 e. The number of aryl methyl sites for hydroxylation is 1. The lowest BCUT2D eigenvalue weighted by molar-refractivity contribution is 0.292. The van der Waals surface area contributed by atoms with E-state index in [0.29, 0.717) is 30.4 Å². The fraction of sp³-hybridized carbons (Fsp3) is 0.211. The molecule has 0 spiro atoms. The zero-order valence-corrected chi connectivity index (χ0v) is 15.2. The van der Waals surface area contributed by atoms with E-state index in [1.165, 1.54) is 0 Å². The van der Waals surface area contributed by atoms with E-state index in [9.17, 15) is 0 Å². The minimum atomic E-state index is 0.113. The third kappa shape index (κ3) is 4.68. The minimum absolute atomic E-state index is 0.113. The normalized spacial score (nSPS) is 10.6. The van der Waals surface area contributed by atoms with Gasteiger partial charge in [-0.15, -0.1) is 0 Å². The van der Waals surface area contributed by atoms with Crippen LogP contribution in [0.3, 0.4) is 0 Å². The number of nitrogens with one attached hydrogen (secondary N) is 2. The Bertz CT molecular complexity index is 873. The molecule has 26 heavy (non-hydrogen) atoms. The van der Waals surface area contributed by atoms with Gasteiger partial charge in [-0.2, -0.15) is 4.98 Å². The van der Waals surface area contributed by atoms with Crippen molar-refractivity contribution in [2.24, 2.45) is 0 Å². The van der Waals surface area contributed by atoms with E-state index >= 15 is 0 Å². The summed E-state index contributed by atoms with van der Waals surface area (Å²) in [5.74, 6) is 1.13. The second-order valence-corrected chi connectivity index (χ2v) is 6.18. The van der Waals surface area contributed by atoms with Gasteiger partial charge in [0, 0.05) is 36.1 Å². The van der Waals surface area contributed by atoms with E-state index < -0.39 is 0 Å². The van der Waals surface area contributed by atoms with E-state index in [4.69, 9.17) is 16.7 Å². The van der Waals surface area contributed by atoms with Gasteiger partial charge in [-0.1, -0.05) is 17.7 Å². The molecule has 2 heterocycles. The van der Waals surface area contributed by atoms with Crippen molar-refractivity contribution in [3.05, 3.63) is 59.2 Å². The van der Waals surface area contributed by atoms with Gasteiger partial charge in [-0.05, 0) is 49.2 Å².